The lowest BCUT2D eigenvalue weighted by Crippen LogP contribution is -2.53. The second kappa shape index (κ2) is 4.05. The molecule has 0 aromatic carbocycles. The van der Waals surface area contributed by atoms with Crippen LogP contribution >= 0.6 is 12.2 Å². The van der Waals surface area contributed by atoms with Crippen molar-refractivity contribution in [3.63, 3.8) is 0 Å². The molecular weight excluding hydrogens is 192 g/mol. The minimum Gasteiger partial charge on any atom is -0.347 e. The Morgan fingerprint density at radius 1 is 0.786 bits per heavy atom. The van der Waals surface area contributed by atoms with E-state index < -0.39 is 0 Å². The zero-order valence-electron chi connectivity index (χ0n) is 10.8. The van der Waals surface area contributed by atoms with E-state index in [0.717, 1.165) is 5.11 Å². The summed E-state index contributed by atoms with van der Waals surface area (Å²) in [6, 6.07) is 0. The van der Waals surface area contributed by atoms with E-state index in [0.29, 0.717) is 0 Å². The second-order valence-corrected chi connectivity index (χ2v) is 6.11. The van der Waals surface area contributed by atoms with E-state index in [1.165, 1.54) is 0 Å². The van der Waals surface area contributed by atoms with Crippen LogP contribution in [0.25, 0.3) is 0 Å². The van der Waals surface area contributed by atoms with Gasteiger partial charge < -0.3 is 9.80 Å². The van der Waals surface area contributed by atoms with Gasteiger partial charge in [0.2, 0.25) is 0 Å². The fourth-order valence-electron chi connectivity index (χ4n) is 0.799. The summed E-state index contributed by atoms with van der Waals surface area (Å²) in [5.74, 6) is 0. The molecule has 0 radical (unpaired) electrons. The summed E-state index contributed by atoms with van der Waals surface area (Å²) in [6.07, 6.45) is 0. The Labute approximate surface area is 94.3 Å². The Morgan fingerprint density at radius 3 is 1.14 bits per heavy atom. The van der Waals surface area contributed by atoms with Gasteiger partial charge in [-0.15, -0.1) is 0 Å². The Kier molecular flexibility index (Phi) is 3.96. The Bertz CT molecular complexity index is 188. The molecule has 0 unspecified atom stereocenters. The lowest BCUT2D eigenvalue weighted by molar-refractivity contribution is 0.206. The van der Waals surface area contributed by atoms with Gasteiger partial charge in [0.15, 0.2) is 5.11 Å². The summed E-state index contributed by atoms with van der Waals surface area (Å²) in [5.41, 5.74) is 0.160. The molecule has 0 aromatic heterocycles. The first kappa shape index (κ1) is 13.7. The van der Waals surface area contributed by atoms with Crippen molar-refractivity contribution in [3.05, 3.63) is 0 Å². The highest BCUT2D eigenvalue weighted by Gasteiger charge is 2.27. The van der Waals surface area contributed by atoms with Crippen molar-refractivity contribution in [1.29, 1.82) is 0 Å². The maximum atomic E-state index is 5.45. The predicted octanol–water partition coefficient (Wildman–Crippen LogP) is 2.73. The van der Waals surface area contributed by atoms with Crippen LogP contribution in [0.4, 0.5) is 0 Å². The summed E-state index contributed by atoms with van der Waals surface area (Å²) in [5, 5.41) is 0.894. The maximum absolute atomic E-state index is 5.45. The molecule has 0 heterocycles. The van der Waals surface area contributed by atoms with Crippen LogP contribution in [0, 0.1) is 0 Å². The van der Waals surface area contributed by atoms with Gasteiger partial charge in [-0.05, 0) is 53.8 Å². The van der Waals surface area contributed by atoms with E-state index in [2.05, 4.69) is 51.3 Å². The van der Waals surface area contributed by atoms with Crippen molar-refractivity contribution >= 4 is 17.3 Å². The summed E-state index contributed by atoms with van der Waals surface area (Å²) < 4.78 is 0. The third-order valence-corrected chi connectivity index (χ3v) is 3.13. The molecule has 0 spiro atoms. The minimum absolute atomic E-state index is 0.0800. The highest BCUT2D eigenvalue weighted by molar-refractivity contribution is 7.80. The van der Waals surface area contributed by atoms with E-state index in [1.54, 1.807) is 0 Å². The van der Waals surface area contributed by atoms with Crippen molar-refractivity contribution in [3.8, 4) is 0 Å². The molecule has 0 aliphatic carbocycles. The van der Waals surface area contributed by atoms with Gasteiger partial charge >= 0.3 is 0 Å². The zero-order valence-corrected chi connectivity index (χ0v) is 11.6. The molecular formula is C11H24N2S. The van der Waals surface area contributed by atoms with Crippen LogP contribution in [0.15, 0.2) is 0 Å². The molecule has 0 fully saturated rings. The molecule has 0 rings (SSSR count). The van der Waals surface area contributed by atoms with Crippen molar-refractivity contribution in [2.75, 3.05) is 14.1 Å². The normalized spacial score (nSPS) is 12.6. The zero-order chi connectivity index (χ0) is 11.7. The van der Waals surface area contributed by atoms with Crippen molar-refractivity contribution in [2.24, 2.45) is 0 Å². The molecule has 0 N–H and O–H groups in total. The summed E-state index contributed by atoms with van der Waals surface area (Å²) in [7, 11) is 4.09. The van der Waals surface area contributed by atoms with Gasteiger partial charge in [-0.3, -0.25) is 0 Å². The van der Waals surface area contributed by atoms with E-state index in [9.17, 15) is 0 Å². The first-order valence-corrected chi connectivity index (χ1v) is 5.40. The molecule has 0 bridgehead atoms. The fraction of sp³-hybridized carbons (Fsp3) is 0.909. The van der Waals surface area contributed by atoms with Gasteiger partial charge in [0.1, 0.15) is 0 Å². The second-order valence-electron chi connectivity index (χ2n) is 5.74. The quantitative estimate of drug-likeness (QED) is 0.575. The molecule has 3 heteroatoms. The summed E-state index contributed by atoms with van der Waals surface area (Å²) in [6.45, 7) is 13.0. The van der Waals surface area contributed by atoms with E-state index >= 15 is 0 Å². The predicted molar refractivity (Wildman–Crippen MR) is 67.6 cm³/mol. The third kappa shape index (κ3) is 3.45. The molecule has 84 valence electrons. The highest BCUT2D eigenvalue weighted by Crippen LogP contribution is 2.18. The SMILES string of the molecule is CN(C(=S)N(C)C(C)(C)C)C(C)(C)C. The van der Waals surface area contributed by atoms with Crippen LogP contribution in [-0.2, 0) is 0 Å². The highest BCUT2D eigenvalue weighted by atomic mass is 32.1. The molecule has 0 amide bonds. The van der Waals surface area contributed by atoms with Gasteiger partial charge in [-0.1, -0.05) is 0 Å². The number of hydrogen-bond acceptors (Lipinski definition) is 1. The molecule has 0 aliphatic rings. The van der Waals surface area contributed by atoms with Crippen LogP contribution < -0.4 is 0 Å². The number of rotatable bonds is 0. The molecule has 14 heavy (non-hydrogen) atoms. The maximum Gasteiger partial charge on any atom is 0.171 e. The summed E-state index contributed by atoms with van der Waals surface area (Å²) >= 11 is 5.45. The lowest BCUT2D eigenvalue weighted by atomic mass is 10.1. The molecule has 0 aromatic rings. The van der Waals surface area contributed by atoms with E-state index in [1.807, 2.05) is 14.1 Å². The largest absolute Gasteiger partial charge is 0.347 e. The minimum atomic E-state index is 0.0800. The summed E-state index contributed by atoms with van der Waals surface area (Å²) in [4.78, 5) is 4.27. The lowest BCUT2D eigenvalue weighted by Gasteiger charge is -2.43. The van der Waals surface area contributed by atoms with Gasteiger partial charge in [0.05, 0.1) is 0 Å². The van der Waals surface area contributed by atoms with Crippen LogP contribution in [0.1, 0.15) is 41.5 Å². The fourth-order valence-corrected chi connectivity index (χ4v) is 1.35. The molecule has 2 nitrogen and oxygen atoms in total. The van der Waals surface area contributed by atoms with Gasteiger partial charge in [0.25, 0.3) is 0 Å². The van der Waals surface area contributed by atoms with Crippen molar-refractivity contribution < 1.29 is 0 Å². The van der Waals surface area contributed by atoms with E-state index in [-0.39, 0.29) is 11.1 Å². The Hall–Kier alpha value is -0.310. The van der Waals surface area contributed by atoms with Gasteiger partial charge in [0, 0.05) is 25.2 Å². The van der Waals surface area contributed by atoms with E-state index in [4.69, 9.17) is 12.2 Å². The van der Waals surface area contributed by atoms with Crippen molar-refractivity contribution in [2.45, 2.75) is 52.6 Å². The first-order chi connectivity index (χ1) is 5.98. The Morgan fingerprint density at radius 2 is 1.00 bits per heavy atom. The average Bonchev–Trinajstić information content (AvgIpc) is 1.97. The Balaban J connectivity index is 4.65. The van der Waals surface area contributed by atoms with Crippen LogP contribution in [0.5, 0.6) is 0 Å². The van der Waals surface area contributed by atoms with Gasteiger partial charge in [-0.25, -0.2) is 0 Å². The van der Waals surface area contributed by atoms with Crippen molar-refractivity contribution in [1.82, 2.24) is 9.80 Å². The van der Waals surface area contributed by atoms with Crippen LogP contribution in [0.2, 0.25) is 0 Å². The monoisotopic (exact) mass is 216 g/mol. The molecule has 0 aliphatic heterocycles. The molecule has 0 saturated heterocycles. The average molecular weight is 216 g/mol. The number of thiocarbonyl (C=S) groups is 1. The number of nitrogens with zero attached hydrogens (tertiary/aromatic N) is 2. The molecule has 0 saturated carbocycles. The molecule has 0 atom stereocenters. The number of hydrogen-bond donors (Lipinski definition) is 0. The topological polar surface area (TPSA) is 6.48 Å². The first-order valence-electron chi connectivity index (χ1n) is 4.99. The smallest absolute Gasteiger partial charge is 0.171 e. The third-order valence-electron chi connectivity index (χ3n) is 2.59. The standard InChI is InChI=1S/C11H24N2S/c1-10(2,3)12(7)9(14)13(8)11(4,5)6/h1-8H3. The van der Waals surface area contributed by atoms with Crippen LogP contribution in [0.3, 0.4) is 0 Å². The van der Waals surface area contributed by atoms with Crippen LogP contribution in [-0.4, -0.2) is 40.1 Å². The van der Waals surface area contributed by atoms with Gasteiger partial charge in [-0.2, -0.15) is 0 Å².